The zero-order valence-corrected chi connectivity index (χ0v) is 14.7. The molecule has 0 unspecified atom stereocenters. The summed E-state index contributed by atoms with van der Waals surface area (Å²) in [5, 5.41) is 7.90. The Morgan fingerprint density at radius 2 is 1.77 bits per heavy atom. The minimum Gasteiger partial charge on any atom is -0.356 e. The second kappa shape index (κ2) is 7.61. The highest BCUT2D eigenvalue weighted by Crippen LogP contribution is 2.20. The van der Waals surface area contributed by atoms with Gasteiger partial charge in [0.25, 0.3) is 0 Å². The molecule has 2 aromatic rings. The first-order chi connectivity index (χ1) is 10.5. The molecule has 2 N–H and O–H groups in total. The number of hydrogen-bond donors (Lipinski definition) is 2. The SMILES string of the molecule is CC[C@H](NC(=S)Nc1ccc(Cl)cc1)c1ccc(C)c(C)c1. The van der Waals surface area contributed by atoms with E-state index in [1.807, 2.05) is 24.3 Å². The van der Waals surface area contributed by atoms with E-state index in [0.29, 0.717) is 10.1 Å². The van der Waals surface area contributed by atoms with Crippen LogP contribution in [0.25, 0.3) is 0 Å². The van der Waals surface area contributed by atoms with Crippen molar-refractivity contribution in [2.24, 2.45) is 0 Å². The maximum Gasteiger partial charge on any atom is 0.171 e. The van der Waals surface area contributed by atoms with Crippen LogP contribution in [0.3, 0.4) is 0 Å². The van der Waals surface area contributed by atoms with Crippen LogP contribution in [0.5, 0.6) is 0 Å². The van der Waals surface area contributed by atoms with Crippen molar-refractivity contribution in [3.8, 4) is 0 Å². The average Bonchev–Trinajstić information content (AvgIpc) is 2.50. The number of halogens is 1. The van der Waals surface area contributed by atoms with Crippen LogP contribution in [0, 0.1) is 13.8 Å². The molecule has 1 atom stereocenters. The number of rotatable bonds is 4. The number of nitrogens with one attached hydrogen (secondary N) is 2. The molecule has 0 aromatic heterocycles. The molecule has 0 radical (unpaired) electrons. The van der Waals surface area contributed by atoms with Crippen molar-refractivity contribution < 1.29 is 0 Å². The third-order valence-electron chi connectivity index (χ3n) is 3.75. The average molecular weight is 333 g/mol. The van der Waals surface area contributed by atoms with E-state index in [9.17, 15) is 0 Å². The van der Waals surface area contributed by atoms with Crippen LogP contribution in [-0.2, 0) is 0 Å². The van der Waals surface area contributed by atoms with Crippen molar-refractivity contribution in [1.29, 1.82) is 0 Å². The lowest BCUT2D eigenvalue weighted by molar-refractivity contribution is 0.628. The molecule has 2 nitrogen and oxygen atoms in total. The van der Waals surface area contributed by atoms with Gasteiger partial charge in [-0.25, -0.2) is 0 Å². The number of thiocarbonyl (C=S) groups is 1. The van der Waals surface area contributed by atoms with Gasteiger partial charge in [-0.3, -0.25) is 0 Å². The van der Waals surface area contributed by atoms with Crippen LogP contribution in [0.2, 0.25) is 5.02 Å². The number of anilines is 1. The fourth-order valence-electron chi connectivity index (χ4n) is 2.26. The van der Waals surface area contributed by atoms with Crippen molar-refractivity contribution in [3.63, 3.8) is 0 Å². The monoisotopic (exact) mass is 332 g/mol. The molecule has 2 aromatic carbocycles. The van der Waals surface area contributed by atoms with E-state index in [1.54, 1.807) is 0 Å². The van der Waals surface area contributed by atoms with E-state index in [2.05, 4.69) is 49.6 Å². The lowest BCUT2D eigenvalue weighted by Crippen LogP contribution is -2.32. The van der Waals surface area contributed by atoms with Gasteiger partial charge in [-0.1, -0.05) is 36.7 Å². The van der Waals surface area contributed by atoms with Crippen molar-refractivity contribution in [1.82, 2.24) is 5.32 Å². The summed E-state index contributed by atoms with van der Waals surface area (Å²) in [5.74, 6) is 0. The molecule has 2 rings (SSSR count). The smallest absolute Gasteiger partial charge is 0.171 e. The Morgan fingerprint density at radius 3 is 2.36 bits per heavy atom. The first-order valence-corrected chi connectivity index (χ1v) is 8.18. The highest BCUT2D eigenvalue weighted by molar-refractivity contribution is 7.80. The third-order valence-corrected chi connectivity index (χ3v) is 4.22. The summed E-state index contributed by atoms with van der Waals surface area (Å²) in [6, 6.07) is 14.2. The molecule has 4 heteroatoms. The quantitative estimate of drug-likeness (QED) is 0.733. The molecule has 0 amide bonds. The van der Waals surface area contributed by atoms with Crippen LogP contribution < -0.4 is 10.6 Å². The molecule has 0 fully saturated rings. The van der Waals surface area contributed by atoms with Crippen LogP contribution >= 0.6 is 23.8 Å². The van der Waals surface area contributed by atoms with Crippen molar-refractivity contribution >= 4 is 34.6 Å². The Balaban J connectivity index is 2.04. The Morgan fingerprint density at radius 1 is 1.09 bits per heavy atom. The molecule has 0 bridgehead atoms. The summed E-state index contributed by atoms with van der Waals surface area (Å²) in [4.78, 5) is 0. The van der Waals surface area contributed by atoms with Gasteiger partial charge in [0.2, 0.25) is 0 Å². The number of aryl methyl sites for hydroxylation is 2. The van der Waals surface area contributed by atoms with Crippen LogP contribution in [-0.4, -0.2) is 5.11 Å². The van der Waals surface area contributed by atoms with E-state index in [0.717, 1.165) is 12.1 Å². The second-order valence-electron chi connectivity index (χ2n) is 5.41. The Hall–Kier alpha value is -1.58. The molecule has 0 spiro atoms. The topological polar surface area (TPSA) is 24.1 Å². The fraction of sp³-hybridized carbons (Fsp3) is 0.278. The molecule has 0 aliphatic rings. The fourth-order valence-corrected chi connectivity index (χ4v) is 2.65. The minimum absolute atomic E-state index is 0.201. The summed E-state index contributed by atoms with van der Waals surface area (Å²) in [6.45, 7) is 6.41. The summed E-state index contributed by atoms with van der Waals surface area (Å²) in [5.41, 5.74) is 4.79. The molecule has 0 aliphatic carbocycles. The third kappa shape index (κ3) is 4.46. The summed E-state index contributed by atoms with van der Waals surface area (Å²) in [6.07, 6.45) is 0.963. The van der Waals surface area contributed by atoms with Gasteiger partial charge in [0.1, 0.15) is 0 Å². The van der Waals surface area contributed by atoms with Gasteiger partial charge >= 0.3 is 0 Å². The first kappa shape index (κ1) is 16.8. The van der Waals surface area contributed by atoms with Gasteiger partial charge in [-0.15, -0.1) is 0 Å². The van der Waals surface area contributed by atoms with E-state index < -0.39 is 0 Å². The second-order valence-corrected chi connectivity index (χ2v) is 6.25. The van der Waals surface area contributed by atoms with Crippen molar-refractivity contribution in [3.05, 3.63) is 64.2 Å². The predicted molar refractivity (Wildman–Crippen MR) is 99.8 cm³/mol. The standard InChI is InChI=1S/C18H21ClN2S/c1-4-17(14-6-5-12(2)13(3)11-14)21-18(22)20-16-9-7-15(19)8-10-16/h5-11,17H,4H2,1-3H3,(H2,20,21,22)/t17-/m0/s1. The van der Waals surface area contributed by atoms with E-state index in [1.165, 1.54) is 16.7 Å². The van der Waals surface area contributed by atoms with Gasteiger partial charge in [0.15, 0.2) is 5.11 Å². The maximum atomic E-state index is 5.89. The Kier molecular flexibility index (Phi) is 5.81. The highest BCUT2D eigenvalue weighted by Gasteiger charge is 2.11. The zero-order chi connectivity index (χ0) is 16.1. The van der Waals surface area contributed by atoms with E-state index in [4.69, 9.17) is 23.8 Å². The van der Waals surface area contributed by atoms with E-state index in [-0.39, 0.29) is 6.04 Å². The molecule has 22 heavy (non-hydrogen) atoms. The normalized spacial score (nSPS) is 11.8. The summed E-state index contributed by atoms with van der Waals surface area (Å²) >= 11 is 11.3. The van der Waals surface area contributed by atoms with Crippen molar-refractivity contribution in [2.45, 2.75) is 33.2 Å². The maximum absolute atomic E-state index is 5.89. The summed E-state index contributed by atoms with van der Waals surface area (Å²) < 4.78 is 0. The largest absolute Gasteiger partial charge is 0.356 e. The van der Waals surface area contributed by atoms with Gasteiger partial charge in [-0.05, 0) is 73.4 Å². The molecule has 0 heterocycles. The van der Waals surface area contributed by atoms with Gasteiger partial charge < -0.3 is 10.6 Å². The summed E-state index contributed by atoms with van der Waals surface area (Å²) in [7, 11) is 0. The Bertz CT molecular complexity index is 653. The first-order valence-electron chi connectivity index (χ1n) is 7.40. The predicted octanol–water partition coefficient (Wildman–Crippen LogP) is 5.39. The molecular formula is C18H21ClN2S. The van der Waals surface area contributed by atoms with Crippen LogP contribution in [0.15, 0.2) is 42.5 Å². The number of hydrogen-bond acceptors (Lipinski definition) is 1. The number of benzene rings is 2. The lowest BCUT2D eigenvalue weighted by Gasteiger charge is -2.21. The van der Waals surface area contributed by atoms with E-state index >= 15 is 0 Å². The zero-order valence-electron chi connectivity index (χ0n) is 13.1. The van der Waals surface area contributed by atoms with Crippen molar-refractivity contribution in [2.75, 3.05) is 5.32 Å². The highest BCUT2D eigenvalue weighted by atomic mass is 35.5. The molecule has 0 aliphatic heterocycles. The molecule has 0 saturated heterocycles. The van der Waals surface area contributed by atoms with Gasteiger partial charge in [0, 0.05) is 10.7 Å². The molecule has 116 valence electrons. The van der Waals surface area contributed by atoms with Crippen LogP contribution in [0.4, 0.5) is 5.69 Å². The molecular weight excluding hydrogens is 312 g/mol. The van der Waals surface area contributed by atoms with Gasteiger partial charge in [-0.2, -0.15) is 0 Å². The van der Waals surface area contributed by atoms with Crippen LogP contribution in [0.1, 0.15) is 36.1 Å². The minimum atomic E-state index is 0.201. The lowest BCUT2D eigenvalue weighted by atomic mass is 9.99. The van der Waals surface area contributed by atoms with Gasteiger partial charge in [0.05, 0.1) is 6.04 Å². The Labute approximate surface area is 142 Å². The molecule has 0 saturated carbocycles.